The first kappa shape index (κ1) is 23.4. The molecular formula is C21H28F2N6O3. The lowest BCUT2D eigenvalue weighted by molar-refractivity contribution is 0.0145. The molecule has 0 aromatic carbocycles. The van der Waals surface area contributed by atoms with Crippen molar-refractivity contribution in [3.8, 4) is 11.3 Å². The summed E-state index contributed by atoms with van der Waals surface area (Å²) in [6.07, 6.45) is 6.30. The Morgan fingerprint density at radius 3 is 2.44 bits per heavy atom. The molecule has 1 fully saturated rings. The van der Waals surface area contributed by atoms with E-state index in [0.717, 1.165) is 23.6 Å². The van der Waals surface area contributed by atoms with Gasteiger partial charge in [0.05, 0.1) is 29.8 Å². The largest absolute Gasteiger partial charge is 0.444 e. The minimum absolute atomic E-state index is 0.136. The number of alkyl halides is 2. The third-order valence-corrected chi connectivity index (χ3v) is 5.09. The number of fused-ring (bicyclic) bond motifs is 1. The number of aryl methyl sites for hydroxylation is 1. The Balaban J connectivity index is 0.000000195. The number of rotatable bonds is 3. The molecule has 0 radical (unpaired) electrons. The van der Waals surface area contributed by atoms with Crippen LogP contribution < -0.4 is 5.56 Å². The van der Waals surface area contributed by atoms with Crippen molar-refractivity contribution < 1.29 is 18.3 Å². The Bertz CT molecular complexity index is 1140. The monoisotopic (exact) mass is 450 g/mol. The van der Waals surface area contributed by atoms with Crippen LogP contribution in [0.2, 0.25) is 0 Å². The first-order valence-corrected chi connectivity index (χ1v) is 10.3. The Kier molecular flexibility index (Phi) is 6.65. The fourth-order valence-corrected chi connectivity index (χ4v) is 3.17. The van der Waals surface area contributed by atoms with Gasteiger partial charge in [-0.2, -0.15) is 10.2 Å². The standard InChI is InChI=1S/C11H9F2N5O.C10H19NO2/c1-17-4-6(2-14-17)8-5-18-9(11(19)16-8)7(3-15-18)10(12)13;1-10(2,3)13-9(12)11(4)8-6-5-7-8/h2-5,10H,1H3,(H,16,19);8H,5-7H2,1-4H3. The molecule has 3 aromatic heterocycles. The predicted octanol–water partition coefficient (Wildman–Crippen LogP) is 3.77. The smallest absolute Gasteiger partial charge is 0.410 e. The van der Waals surface area contributed by atoms with Gasteiger partial charge in [0.15, 0.2) is 0 Å². The highest BCUT2D eigenvalue weighted by atomic mass is 19.3. The van der Waals surface area contributed by atoms with Gasteiger partial charge in [0, 0.05) is 31.9 Å². The van der Waals surface area contributed by atoms with Crippen LogP contribution in [0.1, 0.15) is 52.0 Å². The molecule has 9 nitrogen and oxygen atoms in total. The van der Waals surface area contributed by atoms with Crippen molar-refractivity contribution in [1.82, 2.24) is 29.3 Å². The molecule has 32 heavy (non-hydrogen) atoms. The van der Waals surface area contributed by atoms with Crippen molar-refractivity contribution in [2.24, 2.45) is 7.05 Å². The quantitative estimate of drug-likeness (QED) is 0.655. The van der Waals surface area contributed by atoms with Gasteiger partial charge in [0.25, 0.3) is 12.0 Å². The first-order valence-electron chi connectivity index (χ1n) is 10.3. The Morgan fingerprint density at radius 1 is 1.25 bits per heavy atom. The molecule has 1 amide bonds. The molecule has 0 unspecified atom stereocenters. The van der Waals surface area contributed by atoms with E-state index in [1.54, 1.807) is 29.0 Å². The van der Waals surface area contributed by atoms with Crippen LogP contribution in [-0.4, -0.2) is 54.1 Å². The molecule has 0 atom stereocenters. The van der Waals surface area contributed by atoms with E-state index in [2.05, 4.69) is 15.2 Å². The van der Waals surface area contributed by atoms with E-state index in [1.165, 1.54) is 12.6 Å². The second-order valence-electron chi connectivity index (χ2n) is 8.77. The van der Waals surface area contributed by atoms with E-state index in [9.17, 15) is 18.4 Å². The lowest BCUT2D eigenvalue weighted by atomic mass is 9.92. The fraction of sp³-hybridized carbons (Fsp3) is 0.524. The molecule has 0 saturated heterocycles. The third kappa shape index (κ3) is 5.32. The molecule has 1 aliphatic carbocycles. The maximum absolute atomic E-state index is 12.7. The zero-order valence-corrected chi connectivity index (χ0v) is 18.8. The molecule has 0 bridgehead atoms. The average molecular weight is 450 g/mol. The van der Waals surface area contributed by atoms with Gasteiger partial charge in [-0.25, -0.2) is 18.1 Å². The molecule has 1 N–H and O–H groups in total. The number of hydrogen-bond acceptors (Lipinski definition) is 5. The molecule has 4 rings (SSSR count). The van der Waals surface area contributed by atoms with Crippen LogP contribution in [0, 0.1) is 0 Å². The van der Waals surface area contributed by atoms with Crippen molar-refractivity contribution in [3.05, 3.63) is 40.7 Å². The molecule has 1 aliphatic rings. The summed E-state index contributed by atoms with van der Waals surface area (Å²) in [7, 11) is 3.56. The van der Waals surface area contributed by atoms with E-state index in [0.29, 0.717) is 17.3 Å². The second-order valence-corrected chi connectivity index (χ2v) is 8.77. The molecule has 1 saturated carbocycles. The number of carbonyl (C=O) groups is 1. The predicted molar refractivity (Wildman–Crippen MR) is 115 cm³/mol. The Morgan fingerprint density at radius 2 is 1.94 bits per heavy atom. The minimum atomic E-state index is -2.73. The van der Waals surface area contributed by atoms with Crippen molar-refractivity contribution in [2.75, 3.05) is 7.05 Å². The van der Waals surface area contributed by atoms with E-state index >= 15 is 0 Å². The van der Waals surface area contributed by atoms with Gasteiger partial charge in [-0.3, -0.25) is 9.48 Å². The molecule has 0 aliphatic heterocycles. The summed E-state index contributed by atoms with van der Waals surface area (Å²) >= 11 is 0. The van der Waals surface area contributed by atoms with Crippen LogP contribution in [0.15, 0.2) is 29.6 Å². The maximum atomic E-state index is 12.7. The molecule has 11 heteroatoms. The van der Waals surface area contributed by atoms with Crippen LogP contribution >= 0.6 is 0 Å². The molecule has 3 heterocycles. The topological polar surface area (TPSA) is 97.5 Å². The van der Waals surface area contributed by atoms with Crippen LogP contribution in [0.4, 0.5) is 13.6 Å². The summed E-state index contributed by atoms with van der Waals surface area (Å²) in [6.45, 7) is 5.67. The molecule has 0 spiro atoms. The summed E-state index contributed by atoms with van der Waals surface area (Å²) in [5.74, 6) is 0. The van der Waals surface area contributed by atoms with Crippen LogP contribution in [0.5, 0.6) is 0 Å². The lowest BCUT2D eigenvalue weighted by Gasteiger charge is -2.35. The number of hydrogen-bond donors (Lipinski definition) is 1. The number of amides is 1. The minimum Gasteiger partial charge on any atom is -0.444 e. The number of halogens is 2. The van der Waals surface area contributed by atoms with Gasteiger partial charge < -0.3 is 14.6 Å². The number of aromatic amines is 1. The lowest BCUT2D eigenvalue weighted by Crippen LogP contribution is -2.43. The second kappa shape index (κ2) is 9.09. The maximum Gasteiger partial charge on any atom is 0.410 e. The number of nitrogens with one attached hydrogen (secondary N) is 1. The fourth-order valence-electron chi connectivity index (χ4n) is 3.17. The van der Waals surface area contributed by atoms with E-state index in [1.807, 2.05) is 27.8 Å². The van der Waals surface area contributed by atoms with Gasteiger partial charge in [0.2, 0.25) is 0 Å². The van der Waals surface area contributed by atoms with E-state index in [4.69, 9.17) is 4.74 Å². The van der Waals surface area contributed by atoms with Crippen molar-refractivity contribution in [3.63, 3.8) is 0 Å². The molecular weight excluding hydrogens is 422 g/mol. The molecule has 174 valence electrons. The highest BCUT2D eigenvalue weighted by Gasteiger charge is 2.28. The zero-order valence-electron chi connectivity index (χ0n) is 18.8. The first-order chi connectivity index (χ1) is 15.0. The molecule has 3 aromatic rings. The van der Waals surface area contributed by atoms with Crippen molar-refractivity contribution >= 4 is 11.6 Å². The van der Waals surface area contributed by atoms with Crippen LogP contribution in [0.3, 0.4) is 0 Å². The van der Waals surface area contributed by atoms with Crippen molar-refractivity contribution in [1.29, 1.82) is 0 Å². The normalized spacial score (nSPS) is 14.1. The van der Waals surface area contributed by atoms with Crippen LogP contribution in [0.25, 0.3) is 16.8 Å². The number of ether oxygens (including phenoxy) is 1. The average Bonchev–Trinajstić information content (AvgIpc) is 3.26. The summed E-state index contributed by atoms with van der Waals surface area (Å²) < 4.78 is 33.4. The number of nitrogens with zero attached hydrogens (tertiary/aromatic N) is 5. The van der Waals surface area contributed by atoms with Gasteiger partial charge >= 0.3 is 6.09 Å². The van der Waals surface area contributed by atoms with Gasteiger partial charge in [-0.1, -0.05) is 0 Å². The number of H-pyrrole nitrogens is 1. The Hall–Kier alpha value is -3.24. The summed E-state index contributed by atoms with van der Waals surface area (Å²) in [5, 5.41) is 7.76. The van der Waals surface area contributed by atoms with E-state index in [-0.39, 0.29) is 22.8 Å². The van der Waals surface area contributed by atoms with E-state index < -0.39 is 12.0 Å². The highest BCUT2D eigenvalue weighted by Crippen LogP contribution is 2.25. The summed E-state index contributed by atoms with van der Waals surface area (Å²) in [6, 6.07) is 0.412. The van der Waals surface area contributed by atoms with Crippen molar-refractivity contribution in [2.45, 2.75) is 58.1 Å². The van der Waals surface area contributed by atoms with Gasteiger partial charge in [-0.05, 0) is 40.0 Å². The van der Waals surface area contributed by atoms with Gasteiger partial charge in [0.1, 0.15) is 11.1 Å². The zero-order chi connectivity index (χ0) is 23.6. The summed E-state index contributed by atoms with van der Waals surface area (Å²) in [4.78, 5) is 27.7. The number of carbonyl (C=O) groups excluding carboxylic acids is 1. The Labute approximate surface area is 184 Å². The SMILES string of the molecule is CN(C(=O)OC(C)(C)C)C1CCC1.Cn1cc(-c2cn3ncc(C(F)F)c3c(=O)[nH]2)cn1. The van der Waals surface area contributed by atoms with Crippen LogP contribution in [-0.2, 0) is 11.8 Å². The number of aromatic nitrogens is 5. The summed E-state index contributed by atoms with van der Waals surface area (Å²) in [5.41, 5.74) is -0.351. The highest BCUT2D eigenvalue weighted by molar-refractivity contribution is 5.68. The third-order valence-electron chi connectivity index (χ3n) is 5.09. The van der Waals surface area contributed by atoms with Gasteiger partial charge in [-0.15, -0.1) is 0 Å².